The summed E-state index contributed by atoms with van der Waals surface area (Å²) < 4.78 is 11.0. The standard InChI is InChI=1S/C13H20O6/c1-7-11(16)12(19-13(7)17)9-4-2-3-8(18-9)5-6-10(14)15/h7-9,11-12,16H,2-6H2,1H3,(H,14,15). The first-order valence-corrected chi connectivity index (χ1v) is 6.75. The van der Waals surface area contributed by atoms with Gasteiger partial charge in [-0.05, 0) is 32.6 Å². The predicted octanol–water partition coefficient (Wildman–Crippen LogP) is 0.711. The van der Waals surface area contributed by atoms with Crippen molar-refractivity contribution in [2.24, 2.45) is 5.92 Å². The highest BCUT2D eigenvalue weighted by atomic mass is 16.6. The number of carbonyl (C=O) groups is 2. The molecule has 2 N–H and O–H groups in total. The third-order valence-electron chi connectivity index (χ3n) is 3.90. The zero-order valence-electron chi connectivity index (χ0n) is 10.9. The van der Waals surface area contributed by atoms with Crippen molar-refractivity contribution < 1.29 is 29.3 Å². The lowest BCUT2D eigenvalue weighted by molar-refractivity contribution is -0.160. The van der Waals surface area contributed by atoms with Crippen molar-refractivity contribution in [3.05, 3.63) is 0 Å². The highest BCUT2D eigenvalue weighted by Gasteiger charge is 2.46. The first-order chi connectivity index (χ1) is 8.99. The van der Waals surface area contributed by atoms with Crippen molar-refractivity contribution in [1.29, 1.82) is 0 Å². The van der Waals surface area contributed by atoms with Crippen LogP contribution in [0.25, 0.3) is 0 Å². The van der Waals surface area contributed by atoms with E-state index < -0.39 is 30.1 Å². The Morgan fingerprint density at radius 2 is 2.16 bits per heavy atom. The Morgan fingerprint density at radius 3 is 2.74 bits per heavy atom. The molecule has 0 aromatic carbocycles. The van der Waals surface area contributed by atoms with Crippen LogP contribution in [0.2, 0.25) is 0 Å². The molecule has 2 aliphatic heterocycles. The van der Waals surface area contributed by atoms with Crippen LogP contribution in [-0.4, -0.2) is 46.6 Å². The van der Waals surface area contributed by atoms with Gasteiger partial charge in [0.15, 0.2) is 6.10 Å². The van der Waals surface area contributed by atoms with Crippen LogP contribution < -0.4 is 0 Å². The fraction of sp³-hybridized carbons (Fsp3) is 0.846. The molecule has 2 heterocycles. The van der Waals surface area contributed by atoms with Gasteiger partial charge in [0, 0.05) is 6.42 Å². The first-order valence-electron chi connectivity index (χ1n) is 6.75. The van der Waals surface area contributed by atoms with Crippen LogP contribution >= 0.6 is 0 Å². The summed E-state index contributed by atoms with van der Waals surface area (Å²) in [6, 6.07) is 0. The number of aliphatic hydroxyl groups is 1. The van der Waals surface area contributed by atoms with E-state index in [-0.39, 0.29) is 18.6 Å². The molecule has 0 saturated carbocycles. The van der Waals surface area contributed by atoms with Crippen molar-refractivity contribution >= 4 is 11.9 Å². The topological polar surface area (TPSA) is 93.1 Å². The highest BCUT2D eigenvalue weighted by molar-refractivity contribution is 5.75. The average molecular weight is 272 g/mol. The summed E-state index contributed by atoms with van der Waals surface area (Å²) in [5, 5.41) is 18.6. The van der Waals surface area contributed by atoms with Crippen LogP contribution in [-0.2, 0) is 19.1 Å². The summed E-state index contributed by atoms with van der Waals surface area (Å²) in [6.45, 7) is 1.64. The van der Waals surface area contributed by atoms with E-state index in [2.05, 4.69) is 0 Å². The van der Waals surface area contributed by atoms with Crippen LogP contribution in [0.1, 0.15) is 39.0 Å². The Kier molecular flexibility index (Phi) is 4.42. The van der Waals surface area contributed by atoms with Crippen molar-refractivity contribution in [3.63, 3.8) is 0 Å². The molecule has 2 aliphatic rings. The second kappa shape index (κ2) is 5.88. The first kappa shape index (κ1) is 14.3. The molecular weight excluding hydrogens is 252 g/mol. The quantitative estimate of drug-likeness (QED) is 0.732. The largest absolute Gasteiger partial charge is 0.481 e. The molecule has 0 amide bonds. The van der Waals surface area contributed by atoms with Gasteiger partial charge in [-0.2, -0.15) is 0 Å². The molecule has 0 aromatic heterocycles. The lowest BCUT2D eigenvalue weighted by atomic mass is 9.93. The number of carbonyl (C=O) groups excluding carboxylic acids is 1. The van der Waals surface area contributed by atoms with E-state index in [0.29, 0.717) is 6.42 Å². The van der Waals surface area contributed by atoms with Crippen LogP contribution in [0.15, 0.2) is 0 Å². The number of carboxylic acids is 1. The fourth-order valence-corrected chi connectivity index (χ4v) is 2.70. The Bertz CT molecular complexity index is 355. The summed E-state index contributed by atoms with van der Waals surface area (Å²) in [5.41, 5.74) is 0. The number of aliphatic carboxylic acids is 1. The zero-order chi connectivity index (χ0) is 14.0. The number of hydrogen-bond donors (Lipinski definition) is 2. The maximum absolute atomic E-state index is 11.4. The molecular formula is C13H20O6. The van der Waals surface area contributed by atoms with E-state index in [1.54, 1.807) is 6.92 Å². The molecule has 0 spiro atoms. The highest BCUT2D eigenvalue weighted by Crippen LogP contribution is 2.32. The maximum atomic E-state index is 11.4. The summed E-state index contributed by atoms with van der Waals surface area (Å²) in [7, 11) is 0. The smallest absolute Gasteiger partial charge is 0.311 e. The van der Waals surface area contributed by atoms with Gasteiger partial charge in [0.25, 0.3) is 0 Å². The second-order valence-corrected chi connectivity index (χ2v) is 5.34. The molecule has 0 bridgehead atoms. The van der Waals surface area contributed by atoms with Gasteiger partial charge in [-0.15, -0.1) is 0 Å². The van der Waals surface area contributed by atoms with Gasteiger partial charge in [-0.25, -0.2) is 0 Å². The molecule has 6 heteroatoms. The summed E-state index contributed by atoms with van der Waals surface area (Å²) >= 11 is 0. The number of ether oxygens (including phenoxy) is 2. The number of aliphatic hydroxyl groups excluding tert-OH is 1. The Labute approximate surface area is 111 Å². The van der Waals surface area contributed by atoms with Crippen LogP contribution in [0.4, 0.5) is 0 Å². The molecule has 2 fully saturated rings. The number of rotatable bonds is 4. The molecule has 5 atom stereocenters. The monoisotopic (exact) mass is 272 g/mol. The molecule has 0 aromatic rings. The fourth-order valence-electron chi connectivity index (χ4n) is 2.70. The molecule has 0 radical (unpaired) electrons. The number of carboxylic acid groups (broad SMARTS) is 1. The van der Waals surface area contributed by atoms with Crippen molar-refractivity contribution in [3.8, 4) is 0 Å². The Balaban J connectivity index is 1.90. The van der Waals surface area contributed by atoms with Crippen LogP contribution in [0.3, 0.4) is 0 Å². The van der Waals surface area contributed by atoms with Gasteiger partial charge >= 0.3 is 11.9 Å². The van der Waals surface area contributed by atoms with E-state index >= 15 is 0 Å². The molecule has 2 rings (SSSR count). The minimum atomic E-state index is -0.841. The minimum absolute atomic E-state index is 0.0702. The van der Waals surface area contributed by atoms with E-state index in [1.165, 1.54) is 0 Å². The van der Waals surface area contributed by atoms with E-state index in [4.69, 9.17) is 14.6 Å². The maximum Gasteiger partial charge on any atom is 0.311 e. The average Bonchev–Trinajstić information content (AvgIpc) is 2.64. The van der Waals surface area contributed by atoms with Gasteiger partial charge in [0.05, 0.1) is 18.1 Å². The zero-order valence-corrected chi connectivity index (χ0v) is 10.9. The number of cyclic esters (lactones) is 1. The minimum Gasteiger partial charge on any atom is -0.481 e. The lowest BCUT2D eigenvalue weighted by Gasteiger charge is -2.33. The van der Waals surface area contributed by atoms with Gasteiger partial charge in [0.1, 0.15) is 6.10 Å². The number of esters is 1. The van der Waals surface area contributed by atoms with E-state index in [0.717, 1.165) is 19.3 Å². The molecule has 5 unspecified atom stereocenters. The van der Waals surface area contributed by atoms with Crippen molar-refractivity contribution in [2.45, 2.75) is 63.4 Å². The van der Waals surface area contributed by atoms with E-state index in [1.807, 2.05) is 0 Å². The van der Waals surface area contributed by atoms with Crippen LogP contribution in [0, 0.1) is 5.92 Å². The normalized spacial score (nSPS) is 39.1. The molecule has 0 aliphatic carbocycles. The Morgan fingerprint density at radius 1 is 1.42 bits per heavy atom. The Hall–Kier alpha value is -1.14. The van der Waals surface area contributed by atoms with Crippen LogP contribution in [0.5, 0.6) is 0 Å². The van der Waals surface area contributed by atoms with Gasteiger partial charge in [-0.1, -0.05) is 0 Å². The molecule has 2 saturated heterocycles. The second-order valence-electron chi connectivity index (χ2n) is 5.34. The van der Waals surface area contributed by atoms with Gasteiger partial charge < -0.3 is 19.7 Å². The predicted molar refractivity (Wildman–Crippen MR) is 64.4 cm³/mol. The van der Waals surface area contributed by atoms with Crippen molar-refractivity contribution in [2.75, 3.05) is 0 Å². The summed E-state index contributed by atoms with van der Waals surface area (Å²) in [6.07, 6.45) is 1.06. The summed E-state index contributed by atoms with van der Waals surface area (Å²) in [5.74, 6) is -1.76. The van der Waals surface area contributed by atoms with Crippen molar-refractivity contribution in [1.82, 2.24) is 0 Å². The summed E-state index contributed by atoms with van der Waals surface area (Å²) in [4.78, 5) is 22.0. The third kappa shape index (κ3) is 3.25. The SMILES string of the molecule is CC1C(=O)OC(C2CCCC(CCC(=O)O)O2)C1O. The van der Waals surface area contributed by atoms with E-state index in [9.17, 15) is 14.7 Å². The molecule has 6 nitrogen and oxygen atoms in total. The number of hydrogen-bond acceptors (Lipinski definition) is 5. The molecule has 108 valence electrons. The third-order valence-corrected chi connectivity index (χ3v) is 3.90. The van der Waals surface area contributed by atoms with Gasteiger partial charge in [0.2, 0.25) is 0 Å². The molecule has 19 heavy (non-hydrogen) atoms. The van der Waals surface area contributed by atoms with Gasteiger partial charge in [-0.3, -0.25) is 9.59 Å². The lowest BCUT2D eigenvalue weighted by Crippen LogP contribution is -2.42.